The lowest BCUT2D eigenvalue weighted by molar-refractivity contribution is -0.112. The molecule has 0 saturated heterocycles. The van der Waals surface area contributed by atoms with E-state index in [1.165, 1.54) is 17.4 Å². The minimum atomic E-state index is -0.603. The molecule has 0 aliphatic heterocycles. The minimum absolute atomic E-state index is 0.0224. The van der Waals surface area contributed by atoms with Gasteiger partial charge in [-0.25, -0.2) is 19.3 Å². The number of carbonyl (C=O) groups excluding carboxylic acids is 1. The van der Waals surface area contributed by atoms with Crippen molar-refractivity contribution in [1.29, 1.82) is 5.26 Å². The fourth-order valence-electron chi connectivity index (χ4n) is 5.13. The van der Waals surface area contributed by atoms with Gasteiger partial charge >= 0.3 is 6.01 Å². The normalized spacial score (nSPS) is 11.0. The van der Waals surface area contributed by atoms with Crippen molar-refractivity contribution in [3.8, 4) is 50.5 Å². The van der Waals surface area contributed by atoms with Gasteiger partial charge in [-0.15, -0.1) is 11.3 Å². The van der Waals surface area contributed by atoms with Crippen LogP contribution < -0.4 is 15.8 Å². The number of anilines is 2. The van der Waals surface area contributed by atoms with E-state index in [2.05, 4.69) is 38.0 Å². The van der Waals surface area contributed by atoms with Gasteiger partial charge < -0.3 is 15.8 Å². The molecule has 47 heavy (non-hydrogen) atoms. The third-order valence-corrected chi connectivity index (χ3v) is 8.71. The van der Waals surface area contributed by atoms with Crippen molar-refractivity contribution in [2.45, 2.75) is 33.7 Å². The van der Waals surface area contributed by atoms with Crippen LogP contribution in [0.5, 0.6) is 11.8 Å². The molecule has 0 bridgehead atoms. The zero-order valence-corrected chi connectivity index (χ0v) is 26.7. The van der Waals surface area contributed by atoms with Crippen LogP contribution in [0.15, 0.2) is 79.4 Å². The summed E-state index contributed by atoms with van der Waals surface area (Å²) < 4.78 is 24.0. The number of aromatic nitrogens is 5. The van der Waals surface area contributed by atoms with E-state index >= 15 is 4.39 Å². The van der Waals surface area contributed by atoms with Crippen molar-refractivity contribution in [3.63, 3.8) is 0 Å². The number of hydrogen-bond donors (Lipinski definition) is 2. The Morgan fingerprint density at radius 1 is 1.13 bits per heavy atom. The third kappa shape index (κ3) is 6.29. The van der Waals surface area contributed by atoms with Crippen molar-refractivity contribution < 1.29 is 13.9 Å². The van der Waals surface area contributed by atoms with Crippen LogP contribution in [0.25, 0.3) is 42.8 Å². The van der Waals surface area contributed by atoms with E-state index in [4.69, 9.17) is 15.7 Å². The SMILES string of the molecule is C=C(C)C(=O)Nc1ccc(-c2sc3c(-c4cnn(CCC#N)c4)cnc(N)c3c2-c2ccc(Oc3nccc(C)n3)c(F)c2)c(C)c1. The highest BCUT2D eigenvalue weighted by atomic mass is 32.1. The van der Waals surface area contributed by atoms with Crippen LogP contribution in [0.1, 0.15) is 24.6 Å². The minimum Gasteiger partial charge on any atom is -0.421 e. The molecule has 0 atom stereocenters. The quantitative estimate of drug-likeness (QED) is 0.151. The highest BCUT2D eigenvalue weighted by molar-refractivity contribution is 7.23. The summed E-state index contributed by atoms with van der Waals surface area (Å²) in [6.07, 6.45) is 7.17. The van der Waals surface area contributed by atoms with Crippen LogP contribution in [0, 0.1) is 31.0 Å². The number of rotatable bonds is 9. The van der Waals surface area contributed by atoms with E-state index in [-0.39, 0.29) is 23.5 Å². The van der Waals surface area contributed by atoms with Crippen molar-refractivity contribution in [2.75, 3.05) is 11.1 Å². The van der Waals surface area contributed by atoms with E-state index in [0.29, 0.717) is 46.4 Å². The predicted molar refractivity (Wildman–Crippen MR) is 181 cm³/mol. The number of amides is 1. The number of ether oxygens (including phenoxy) is 1. The second kappa shape index (κ2) is 12.8. The standard InChI is InChI=1S/C35H29FN8O2S/c1-19(2)34(45)43-24-7-8-25(20(3)14-24)31-29(22-6-9-28(27(36)15-22)46-35-39-12-10-21(4)42-35)30-32(47-31)26(17-40-33(30)38)23-16-41-44(18-23)13-5-11-37/h6-10,12,14-18H,1,5,13H2,2-4H3,(H2,38,40)(H,43,45). The number of aryl methyl sites for hydroxylation is 3. The summed E-state index contributed by atoms with van der Waals surface area (Å²) in [5.74, 6) is -0.609. The number of fused-ring (bicyclic) bond motifs is 1. The van der Waals surface area contributed by atoms with Gasteiger partial charge in [0.2, 0.25) is 0 Å². The number of benzene rings is 2. The molecule has 6 aromatic rings. The molecule has 0 spiro atoms. The van der Waals surface area contributed by atoms with Crippen LogP contribution in [0.4, 0.5) is 15.9 Å². The first-order chi connectivity index (χ1) is 22.6. The topological polar surface area (TPSA) is 145 Å². The van der Waals surface area contributed by atoms with Crippen molar-refractivity contribution >= 4 is 38.8 Å². The number of nitrogens with two attached hydrogens (primary N) is 1. The Bertz CT molecular complexity index is 2230. The van der Waals surface area contributed by atoms with Crippen LogP contribution in [-0.4, -0.2) is 30.6 Å². The zero-order chi connectivity index (χ0) is 33.2. The van der Waals surface area contributed by atoms with Crippen molar-refractivity contribution in [3.05, 3.63) is 96.5 Å². The predicted octanol–water partition coefficient (Wildman–Crippen LogP) is 7.84. The van der Waals surface area contributed by atoms with E-state index in [9.17, 15) is 4.79 Å². The maximum absolute atomic E-state index is 15.7. The second-order valence-corrected chi connectivity index (χ2v) is 12.0. The molecular formula is C35H29FN8O2S. The Balaban J connectivity index is 1.52. The Hall–Kier alpha value is -5.93. The maximum atomic E-state index is 15.7. The molecule has 0 fully saturated rings. The van der Waals surface area contributed by atoms with Crippen molar-refractivity contribution in [2.24, 2.45) is 0 Å². The molecule has 0 aliphatic carbocycles. The van der Waals surface area contributed by atoms with E-state index < -0.39 is 5.82 Å². The molecule has 0 radical (unpaired) electrons. The summed E-state index contributed by atoms with van der Waals surface area (Å²) in [7, 11) is 0. The Morgan fingerprint density at radius 3 is 2.68 bits per heavy atom. The van der Waals surface area contributed by atoms with Gasteiger partial charge in [-0.2, -0.15) is 10.4 Å². The van der Waals surface area contributed by atoms with Crippen molar-refractivity contribution in [1.82, 2.24) is 24.7 Å². The molecule has 0 aliphatic rings. The number of pyridine rings is 1. The lowest BCUT2D eigenvalue weighted by atomic mass is 9.95. The van der Waals surface area contributed by atoms with Gasteiger partial charge in [-0.05, 0) is 67.8 Å². The molecule has 12 heteroatoms. The fraction of sp³-hybridized carbons (Fsp3) is 0.143. The highest BCUT2D eigenvalue weighted by Gasteiger charge is 2.24. The number of thiophene rings is 1. The molecule has 3 N–H and O–H groups in total. The average molecular weight is 645 g/mol. The summed E-state index contributed by atoms with van der Waals surface area (Å²) in [5.41, 5.74) is 12.9. The summed E-state index contributed by atoms with van der Waals surface area (Å²) >= 11 is 1.50. The highest BCUT2D eigenvalue weighted by Crippen LogP contribution is 2.50. The number of nitrogens with one attached hydrogen (secondary N) is 1. The fourth-order valence-corrected chi connectivity index (χ4v) is 6.58. The second-order valence-electron chi connectivity index (χ2n) is 11.0. The lowest BCUT2D eigenvalue weighted by Crippen LogP contribution is -2.11. The van der Waals surface area contributed by atoms with E-state index in [0.717, 1.165) is 31.8 Å². The van der Waals surface area contributed by atoms with Gasteiger partial charge in [0.25, 0.3) is 5.91 Å². The summed E-state index contributed by atoms with van der Waals surface area (Å²) in [6.45, 7) is 9.55. The summed E-state index contributed by atoms with van der Waals surface area (Å²) in [4.78, 5) is 26.0. The Morgan fingerprint density at radius 2 is 1.96 bits per heavy atom. The zero-order valence-electron chi connectivity index (χ0n) is 25.8. The monoisotopic (exact) mass is 644 g/mol. The largest absolute Gasteiger partial charge is 0.421 e. The summed E-state index contributed by atoms with van der Waals surface area (Å²) in [6, 6.07) is 14.2. The average Bonchev–Trinajstić information content (AvgIpc) is 3.67. The van der Waals surface area contributed by atoms with Crippen LogP contribution >= 0.6 is 11.3 Å². The van der Waals surface area contributed by atoms with Crippen LogP contribution in [0.3, 0.4) is 0 Å². The van der Waals surface area contributed by atoms with Crippen LogP contribution in [-0.2, 0) is 11.3 Å². The van der Waals surface area contributed by atoms with Gasteiger partial charge in [-0.1, -0.05) is 18.7 Å². The van der Waals surface area contributed by atoms with Gasteiger partial charge in [0.15, 0.2) is 11.6 Å². The van der Waals surface area contributed by atoms with Crippen LogP contribution in [0.2, 0.25) is 0 Å². The van der Waals surface area contributed by atoms with Gasteiger partial charge in [0, 0.05) is 67.2 Å². The molecule has 0 unspecified atom stereocenters. The first-order valence-electron chi connectivity index (χ1n) is 14.6. The number of nitriles is 1. The number of nitrogen functional groups attached to an aromatic ring is 1. The number of halogens is 1. The van der Waals surface area contributed by atoms with Gasteiger partial charge in [-0.3, -0.25) is 9.48 Å². The molecule has 6 rings (SSSR count). The lowest BCUT2D eigenvalue weighted by Gasteiger charge is -2.12. The molecule has 234 valence electrons. The summed E-state index contributed by atoms with van der Waals surface area (Å²) in [5, 5.41) is 17.0. The molecular weight excluding hydrogens is 616 g/mol. The third-order valence-electron chi connectivity index (χ3n) is 7.45. The first kappa shape index (κ1) is 31.1. The Labute approximate surface area is 274 Å². The molecule has 4 aromatic heterocycles. The van der Waals surface area contributed by atoms with Gasteiger partial charge in [0.1, 0.15) is 5.82 Å². The number of carbonyl (C=O) groups is 1. The van der Waals surface area contributed by atoms with Gasteiger partial charge in [0.05, 0.1) is 25.2 Å². The number of hydrogen-bond acceptors (Lipinski definition) is 9. The molecule has 1 amide bonds. The smallest absolute Gasteiger partial charge is 0.322 e. The number of nitrogens with zero attached hydrogens (tertiary/aromatic N) is 6. The Kier molecular flexibility index (Phi) is 8.48. The van der Waals surface area contributed by atoms with E-state index in [1.54, 1.807) is 55.3 Å². The molecule has 2 aromatic carbocycles. The first-order valence-corrected chi connectivity index (χ1v) is 15.4. The molecule has 4 heterocycles. The molecule has 10 nitrogen and oxygen atoms in total. The molecule has 0 saturated carbocycles. The maximum Gasteiger partial charge on any atom is 0.322 e. The van der Waals surface area contributed by atoms with E-state index in [1.807, 2.05) is 31.3 Å².